The van der Waals surface area contributed by atoms with Crippen molar-refractivity contribution >= 4 is 17.7 Å². The summed E-state index contributed by atoms with van der Waals surface area (Å²) in [5, 5.41) is 12.1. The average Bonchev–Trinajstić information content (AvgIpc) is 2.87. The van der Waals surface area contributed by atoms with Gasteiger partial charge in [0.2, 0.25) is 5.92 Å². The quantitative estimate of drug-likeness (QED) is 0.241. The number of amides is 2. The van der Waals surface area contributed by atoms with Crippen LogP contribution in [0.4, 0.5) is 19.3 Å². The Labute approximate surface area is 229 Å². The van der Waals surface area contributed by atoms with E-state index in [1.807, 2.05) is 24.3 Å². The van der Waals surface area contributed by atoms with Crippen molar-refractivity contribution in [1.82, 2.24) is 4.90 Å². The molecule has 0 saturated carbocycles. The van der Waals surface area contributed by atoms with Crippen LogP contribution in [-0.2, 0) is 20.7 Å². The molecule has 0 aliphatic carbocycles. The van der Waals surface area contributed by atoms with Gasteiger partial charge in [-0.25, -0.2) is 18.4 Å². The molecule has 2 aromatic rings. The number of anilines is 1. The van der Waals surface area contributed by atoms with Crippen molar-refractivity contribution in [2.75, 3.05) is 44.8 Å². The Balaban J connectivity index is 1.94. The normalized spacial score (nSPS) is 12.3. The maximum Gasteiger partial charge on any atom is 0.333 e. The largest absolute Gasteiger partial charge is 0.492 e. The highest BCUT2D eigenvalue weighted by atomic mass is 19.3. The van der Waals surface area contributed by atoms with Crippen LogP contribution >= 0.6 is 0 Å². The number of hydrogen-bond donors (Lipinski definition) is 2. The predicted molar refractivity (Wildman–Crippen MR) is 146 cm³/mol. The number of hydrogen-bond acceptors (Lipinski definition) is 5. The molecule has 0 radical (unpaired) electrons. The van der Waals surface area contributed by atoms with Crippen molar-refractivity contribution in [2.24, 2.45) is 0 Å². The summed E-state index contributed by atoms with van der Waals surface area (Å²) in [5.41, 5.74) is 2.59. The van der Waals surface area contributed by atoms with Gasteiger partial charge in [-0.2, -0.15) is 0 Å². The Morgan fingerprint density at radius 2 is 1.64 bits per heavy atom. The number of carbonyl (C=O) groups excluding carboxylic acids is 1. The van der Waals surface area contributed by atoms with Gasteiger partial charge in [0.05, 0.1) is 19.8 Å². The zero-order valence-electron chi connectivity index (χ0n) is 23.1. The fraction of sp³-hybridized carbons (Fsp3) is 0.517. The molecule has 0 aromatic heterocycles. The molecular formula is C29H40F2N2O6. The second-order valence-electron chi connectivity index (χ2n) is 9.61. The van der Waals surface area contributed by atoms with Crippen LogP contribution in [0.25, 0.3) is 0 Å². The number of carbonyl (C=O) groups is 2. The van der Waals surface area contributed by atoms with Gasteiger partial charge in [0.1, 0.15) is 12.4 Å². The first-order valence-electron chi connectivity index (χ1n) is 13.2. The molecule has 0 spiro atoms. The molecule has 0 saturated heterocycles. The molecule has 2 N–H and O–H groups in total. The van der Waals surface area contributed by atoms with Crippen molar-refractivity contribution in [3.05, 3.63) is 59.7 Å². The third-order valence-corrected chi connectivity index (χ3v) is 5.92. The van der Waals surface area contributed by atoms with E-state index < -0.39 is 24.4 Å². The first kappa shape index (κ1) is 32.0. The molecular weight excluding hydrogens is 510 g/mol. The summed E-state index contributed by atoms with van der Waals surface area (Å²) in [5.74, 6) is -2.89. The molecule has 0 aliphatic heterocycles. The van der Waals surface area contributed by atoms with Crippen molar-refractivity contribution in [2.45, 2.75) is 58.5 Å². The first-order valence-corrected chi connectivity index (χ1v) is 13.2. The van der Waals surface area contributed by atoms with Crippen LogP contribution in [0.3, 0.4) is 0 Å². The zero-order valence-corrected chi connectivity index (χ0v) is 23.1. The lowest BCUT2D eigenvalue weighted by Crippen LogP contribution is -2.40. The van der Waals surface area contributed by atoms with Crippen LogP contribution < -0.4 is 10.1 Å². The molecule has 1 atom stereocenters. The number of rotatable bonds is 17. The molecule has 0 fully saturated rings. The molecule has 2 rings (SSSR count). The van der Waals surface area contributed by atoms with Crippen LogP contribution in [0, 0.1) is 0 Å². The lowest BCUT2D eigenvalue weighted by Gasteiger charge is -2.23. The van der Waals surface area contributed by atoms with Gasteiger partial charge < -0.3 is 29.5 Å². The summed E-state index contributed by atoms with van der Waals surface area (Å²) in [6.07, 6.45) is -1.07. The molecule has 0 bridgehead atoms. The van der Waals surface area contributed by atoms with Crippen molar-refractivity contribution in [3.8, 4) is 5.75 Å². The van der Waals surface area contributed by atoms with Crippen molar-refractivity contribution in [3.63, 3.8) is 0 Å². The minimum absolute atomic E-state index is 0.106. The molecule has 2 aromatic carbocycles. The Morgan fingerprint density at radius 3 is 2.21 bits per heavy atom. The van der Waals surface area contributed by atoms with Crippen molar-refractivity contribution in [1.29, 1.82) is 0 Å². The van der Waals surface area contributed by atoms with Crippen LogP contribution in [0.2, 0.25) is 0 Å². The van der Waals surface area contributed by atoms with Crippen LogP contribution in [0.1, 0.15) is 51.2 Å². The van der Waals surface area contributed by atoms with Gasteiger partial charge in [-0.1, -0.05) is 38.1 Å². The summed E-state index contributed by atoms with van der Waals surface area (Å²) in [7, 11) is 0. The van der Waals surface area contributed by atoms with E-state index in [1.165, 1.54) is 4.90 Å². The molecule has 10 heteroatoms. The van der Waals surface area contributed by atoms with Gasteiger partial charge in [-0.3, -0.25) is 0 Å². The molecule has 0 aliphatic rings. The smallest absolute Gasteiger partial charge is 0.333 e. The summed E-state index contributed by atoms with van der Waals surface area (Å²) >= 11 is 0. The van der Waals surface area contributed by atoms with E-state index in [1.54, 1.807) is 31.2 Å². The number of alkyl halides is 2. The van der Waals surface area contributed by atoms with E-state index in [2.05, 4.69) is 19.2 Å². The number of nitrogens with one attached hydrogen (secondary N) is 1. The maximum absolute atomic E-state index is 13.0. The number of benzene rings is 2. The van der Waals surface area contributed by atoms with Gasteiger partial charge in [0, 0.05) is 31.7 Å². The predicted octanol–water partition coefficient (Wildman–Crippen LogP) is 5.82. The van der Waals surface area contributed by atoms with E-state index in [-0.39, 0.29) is 45.4 Å². The Kier molecular flexibility index (Phi) is 13.1. The fourth-order valence-electron chi connectivity index (χ4n) is 3.63. The summed E-state index contributed by atoms with van der Waals surface area (Å²) in [4.78, 5) is 25.8. The molecule has 2 amide bonds. The zero-order chi connectivity index (χ0) is 28.8. The summed E-state index contributed by atoms with van der Waals surface area (Å²) < 4.78 is 42.5. The molecule has 216 valence electrons. The number of nitrogens with zero attached hydrogens (tertiary/aromatic N) is 1. The third kappa shape index (κ3) is 12.4. The molecule has 39 heavy (non-hydrogen) atoms. The van der Waals surface area contributed by atoms with Crippen LogP contribution in [-0.4, -0.2) is 73.6 Å². The topological polar surface area (TPSA) is 97.3 Å². The molecule has 0 heterocycles. The van der Waals surface area contributed by atoms with E-state index >= 15 is 0 Å². The van der Waals surface area contributed by atoms with E-state index in [0.29, 0.717) is 24.0 Å². The lowest BCUT2D eigenvalue weighted by molar-refractivity contribution is -0.149. The highest BCUT2D eigenvalue weighted by Crippen LogP contribution is 2.19. The monoisotopic (exact) mass is 550 g/mol. The number of halogens is 2. The number of carboxylic acids is 1. The molecule has 8 nitrogen and oxygen atoms in total. The van der Waals surface area contributed by atoms with Crippen LogP contribution in [0.15, 0.2) is 48.5 Å². The second-order valence-corrected chi connectivity index (χ2v) is 9.61. The Bertz CT molecular complexity index is 1010. The van der Waals surface area contributed by atoms with E-state index in [0.717, 1.165) is 18.1 Å². The molecule has 1 unspecified atom stereocenters. The highest BCUT2D eigenvalue weighted by Gasteiger charge is 2.21. The highest BCUT2D eigenvalue weighted by molar-refractivity contribution is 5.89. The minimum Gasteiger partial charge on any atom is -0.492 e. The third-order valence-electron chi connectivity index (χ3n) is 5.92. The van der Waals surface area contributed by atoms with Gasteiger partial charge in [-0.05, 0) is 55.2 Å². The average molecular weight is 551 g/mol. The second kappa shape index (κ2) is 16.0. The summed E-state index contributed by atoms with van der Waals surface area (Å²) in [6.45, 7) is 7.68. The standard InChI is InChI=1S/C29H40F2N2O6/c1-5-38-26(27(34)35)20-22-6-12-25(13-7-22)39-19-16-33(15-18-37-17-14-29(4,30)31)28(36)32-24-10-8-23(9-11-24)21(2)3/h6-13,21,26H,5,14-20H2,1-4H3,(H,32,36)(H,34,35). The summed E-state index contributed by atoms with van der Waals surface area (Å²) in [6, 6.07) is 14.2. The van der Waals surface area contributed by atoms with E-state index in [4.69, 9.17) is 14.2 Å². The Hall–Kier alpha value is -3.24. The van der Waals surface area contributed by atoms with Crippen molar-refractivity contribution < 1.29 is 37.7 Å². The van der Waals surface area contributed by atoms with Crippen LogP contribution in [0.5, 0.6) is 5.75 Å². The maximum atomic E-state index is 13.0. The van der Waals surface area contributed by atoms with Gasteiger partial charge >= 0.3 is 12.0 Å². The van der Waals surface area contributed by atoms with E-state index in [9.17, 15) is 23.5 Å². The minimum atomic E-state index is -2.81. The number of urea groups is 1. The number of ether oxygens (including phenoxy) is 3. The van der Waals surface area contributed by atoms with Gasteiger partial charge in [0.15, 0.2) is 6.10 Å². The first-order chi connectivity index (χ1) is 18.5. The number of carboxylic acid groups (broad SMARTS) is 1. The van der Waals surface area contributed by atoms with Gasteiger partial charge in [-0.15, -0.1) is 0 Å². The Morgan fingerprint density at radius 1 is 1.00 bits per heavy atom. The lowest BCUT2D eigenvalue weighted by atomic mass is 10.0. The number of aliphatic carboxylic acids is 1. The van der Waals surface area contributed by atoms with Gasteiger partial charge in [0.25, 0.3) is 0 Å². The SMILES string of the molecule is CCOC(Cc1ccc(OCCN(CCOCCC(C)(F)F)C(=O)Nc2ccc(C(C)C)cc2)cc1)C(=O)O. The fourth-order valence-corrected chi connectivity index (χ4v) is 3.63.